The maximum atomic E-state index is 6.14. The largest absolute Gasteiger partial charge is 0.493 e. The summed E-state index contributed by atoms with van der Waals surface area (Å²) < 4.78 is 6.14. The molecule has 0 aliphatic carbocycles. The lowest BCUT2D eigenvalue weighted by atomic mass is 9.76. The molecule has 0 aliphatic rings. The topological polar surface area (TPSA) is 9.23 Å². The number of ether oxygens (including phenoxy) is 1. The molecule has 0 fully saturated rings. The Morgan fingerprint density at radius 3 is 1.88 bits per heavy atom. The molecule has 0 heterocycles. The van der Waals surface area contributed by atoms with E-state index >= 15 is 0 Å². The SMILES string of the molecule is CC(CCC(COc1ccccc1)C(C)CC(C)(C)C)CC(C)(C)C. The van der Waals surface area contributed by atoms with Gasteiger partial charge in [-0.15, -0.1) is 0 Å². The summed E-state index contributed by atoms with van der Waals surface area (Å²) in [6, 6.07) is 10.3. The van der Waals surface area contributed by atoms with Crippen LogP contribution in [0.25, 0.3) is 0 Å². The van der Waals surface area contributed by atoms with E-state index in [1.54, 1.807) is 0 Å². The van der Waals surface area contributed by atoms with Gasteiger partial charge >= 0.3 is 0 Å². The summed E-state index contributed by atoms with van der Waals surface area (Å²) in [5, 5.41) is 0. The van der Waals surface area contributed by atoms with E-state index in [1.807, 2.05) is 18.2 Å². The summed E-state index contributed by atoms with van der Waals surface area (Å²) in [5.41, 5.74) is 0.800. The standard InChI is InChI=1S/C24H42O/c1-19(16-23(3,4)5)14-15-21(20(2)17-24(6,7)8)18-25-22-12-10-9-11-13-22/h9-13,19-21H,14-18H2,1-8H3. The Hall–Kier alpha value is -0.980. The van der Waals surface area contributed by atoms with Crippen LogP contribution < -0.4 is 4.74 Å². The number of hydrogen-bond donors (Lipinski definition) is 0. The molecule has 0 spiro atoms. The molecule has 0 bridgehead atoms. The summed E-state index contributed by atoms with van der Waals surface area (Å²) in [6.45, 7) is 19.8. The lowest BCUT2D eigenvalue weighted by molar-refractivity contribution is 0.147. The van der Waals surface area contributed by atoms with Gasteiger partial charge in [-0.3, -0.25) is 0 Å². The molecular weight excluding hydrogens is 304 g/mol. The molecule has 144 valence electrons. The molecule has 0 saturated carbocycles. The van der Waals surface area contributed by atoms with Crippen LogP contribution in [0.5, 0.6) is 5.75 Å². The van der Waals surface area contributed by atoms with E-state index in [2.05, 4.69) is 67.5 Å². The van der Waals surface area contributed by atoms with Crippen molar-refractivity contribution >= 4 is 0 Å². The molecule has 1 nitrogen and oxygen atoms in total. The Kier molecular flexibility index (Phi) is 8.51. The molecule has 0 amide bonds. The molecule has 0 radical (unpaired) electrons. The van der Waals surface area contributed by atoms with E-state index in [0.29, 0.717) is 22.7 Å². The van der Waals surface area contributed by atoms with E-state index in [-0.39, 0.29) is 0 Å². The number of para-hydroxylation sites is 1. The summed E-state index contributed by atoms with van der Waals surface area (Å²) in [5.74, 6) is 3.09. The highest BCUT2D eigenvalue weighted by Gasteiger charge is 2.25. The lowest BCUT2D eigenvalue weighted by Crippen LogP contribution is -2.25. The maximum absolute atomic E-state index is 6.14. The second-order valence-electron chi connectivity index (χ2n) is 10.6. The highest BCUT2D eigenvalue weighted by Crippen LogP contribution is 2.34. The normalized spacial score (nSPS) is 16.3. The molecule has 1 rings (SSSR count). The van der Waals surface area contributed by atoms with Gasteiger partial charge in [0.1, 0.15) is 5.75 Å². The average Bonchev–Trinajstić information content (AvgIpc) is 2.44. The van der Waals surface area contributed by atoms with E-state index in [1.165, 1.54) is 25.7 Å². The summed E-state index contributed by atoms with van der Waals surface area (Å²) in [4.78, 5) is 0. The van der Waals surface area contributed by atoms with Crippen LogP contribution in [0.3, 0.4) is 0 Å². The van der Waals surface area contributed by atoms with Crippen LogP contribution in [-0.4, -0.2) is 6.61 Å². The molecular formula is C24H42O. The third-order valence-electron chi connectivity index (χ3n) is 4.94. The minimum atomic E-state index is 0.376. The van der Waals surface area contributed by atoms with Crippen LogP contribution >= 0.6 is 0 Å². The summed E-state index contributed by atoms with van der Waals surface area (Å²) in [7, 11) is 0. The highest BCUT2D eigenvalue weighted by molar-refractivity contribution is 5.20. The fraction of sp³-hybridized carbons (Fsp3) is 0.750. The Morgan fingerprint density at radius 1 is 0.800 bits per heavy atom. The van der Waals surface area contributed by atoms with Crippen molar-refractivity contribution in [3.05, 3.63) is 30.3 Å². The van der Waals surface area contributed by atoms with Crippen molar-refractivity contribution < 1.29 is 4.74 Å². The smallest absolute Gasteiger partial charge is 0.119 e. The second-order valence-corrected chi connectivity index (χ2v) is 10.6. The fourth-order valence-electron chi connectivity index (χ4n) is 4.03. The summed E-state index contributed by atoms with van der Waals surface area (Å²) in [6.07, 6.45) is 5.12. The first-order chi connectivity index (χ1) is 11.5. The van der Waals surface area contributed by atoms with Gasteiger partial charge < -0.3 is 4.74 Å². The summed E-state index contributed by atoms with van der Waals surface area (Å²) >= 11 is 0. The number of hydrogen-bond acceptors (Lipinski definition) is 1. The Bertz CT molecular complexity index is 463. The Balaban J connectivity index is 2.63. The third-order valence-corrected chi connectivity index (χ3v) is 4.94. The molecule has 0 aromatic heterocycles. The van der Waals surface area contributed by atoms with Gasteiger partial charge in [0.25, 0.3) is 0 Å². The zero-order valence-corrected chi connectivity index (χ0v) is 18.1. The van der Waals surface area contributed by atoms with Gasteiger partial charge in [-0.1, -0.05) is 80.0 Å². The molecule has 1 aromatic rings. The fourth-order valence-corrected chi connectivity index (χ4v) is 4.03. The quantitative estimate of drug-likeness (QED) is 0.447. The van der Waals surface area contributed by atoms with Crippen LogP contribution in [0.2, 0.25) is 0 Å². The maximum Gasteiger partial charge on any atom is 0.119 e. The monoisotopic (exact) mass is 346 g/mol. The van der Waals surface area contributed by atoms with Crippen LogP contribution in [0, 0.1) is 28.6 Å². The van der Waals surface area contributed by atoms with Crippen molar-refractivity contribution in [1.29, 1.82) is 0 Å². The number of benzene rings is 1. The third kappa shape index (κ3) is 10.6. The van der Waals surface area contributed by atoms with Gasteiger partial charge in [0.15, 0.2) is 0 Å². The molecule has 25 heavy (non-hydrogen) atoms. The van der Waals surface area contributed by atoms with Crippen molar-refractivity contribution in [3.63, 3.8) is 0 Å². The first kappa shape index (κ1) is 22.1. The molecule has 3 atom stereocenters. The molecule has 0 aliphatic heterocycles. The van der Waals surface area contributed by atoms with Gasteiger partial charge in [-0.25, -0.2) is 0 Å². The molecule has 3 unspecified atom stereocenters. The second kappa shape index (κ2) is 9.64. The van der Waals surface area contributed by atoms with E-state index in [0.717, 1.165) is 18.3 Å². The van der Waals surface area contributed by atoms with Crippen molar-refractivity contribution in [1.82, 2.24) is 0 Å². The van der Waals surface area contributed by atoms with Crippen LogP contribution in [0.15, 0.2) is 30.3 Å². The van der Waals surface area contributed by atoms with Crippen molar-refractivity contribution in [3.8, 4) is 5.75 Å². The molecule has 1 heteroatoms. The van der Waals surface area contributed by atoms with Gasteiger partial charge in [0, 0.05) is 0 Å². The van der Waals surface area contributed by atoms with Crippen molar-refractivity contribution in [2.75, 3.05) is 6.61 Å². The van der Waals surface area contributed by atoms with Gasteiger partial charge in [0.05, 0.1) is 6.61 Å². The average molecular weight is 347 g/mol. The van der Waals surface area contributed by atoms with E-state index < -0.39 is 0 Å². The number of rotatable bonds is 9. The van der Waals surface area contributed by atoms with Crippen molar-refractivity contribution in [2.24, 2.45) is 28.6 Å². The first-order valence-electron chi connectivity index (χ1n) is 10.1. The zero-order valence-electron chi connectivity index (χ0n) is 18.1. The Morgan fingerprint density at radius 2 is 1.36 bits per heavy atom. The lowest BCUT2D eigenvalue weighted by Gasteiger charge is -2.31. The predicted octanol–water partition coefficient (Wildman–Crippen LogP) is 7.61. The first-order valence-corrected chi connectivity index (χ1v) is 10.1. The van der Waals surface area contributed by atoms with Gasteiger partial charge in [-0.05, 0) is 60.0 Å². The van der Waals surface area contributed by atoms with Crippen molar-refractivity contribution in [2.45, 2.75) is 81.1 Å². The zero-order chi connectivity index (χ0) is 19.1. The van der Waals surface area contributed by atoms with Crippen LogP contribution in [0.4, 0.5) is 0 Å². The molecule has 1 aromatic carbocycles. The minimum Gasteiger partial charge on any atom is -0.493 e. The van der Waals surface area contributed by atoms with Gasteiger partial charge in [-0.2, -0.15) is 0 Å². The van der Waals surface area contributed by atoms with E-state index in [9.17, 15) is 0 Å². The highest BCUT2D eigenvalue weighted by atomic mass is 16.5. The van der Waals surface area contributed by atoms with Crippen LogP contribution in [0.1, 0.15) is 81.1 Å². The van der Waals surface area contributed by atoms with Gasteiger partial charge in [0.2, 0.25) is 0 Å². The minimum absolute atomic E-state index is 0.376. The Labute approximate surface area is 157 Å². The van der Waals surface area contributed by atoms with E-state index in [4.69, 9.17) is 4.74 Å². The van der Waals surface area contributed by atoms with Crippen LogP contribution in [-0.2, 0) is 0 Å². The molecule has 0 N–H and O–H groups in total. The predicted molar refractivity (Wildman–Crippen MR) is 111 cm³/mol. The molecule has 0 saturated heterocycles.